The van der Waals surface area contributed by atoms with Crippen LogP contribution < -0.4 is 21.5 Å². The number of benzene rings is 3. The van der Waals surface area contributed by atoms with Crippen molar-refractivity contribution in [2.24, 2.45) is 5.73 Å². The SMILES string of the molecule is CN.Nc1ccccc1C1CNc2c(C=O)c(-c3ccc(Oc4ccccc4)cc3)nn2C1. The Bertz CT molecular complexity index is 1220. The summed E-state index contributed by atoms with van der Waals surface area (Å²) >= 11 is 0. The molecule has 1 aliphatic heterocycles. The molecule has 1 unspecified atom stereocenters. The van der Waals surface area contributed by atoms with E-state index in [0.29, 0.717) is 24.3 Å². The molecule has 1 aromatic heterocycles. The number of carbonyl (C=O) groups is 1. The number of nitrogens with one attached hydrogen (secondary N) is 1. The molecule has 1 atom stereocenters. The van der Waals surface area contributed by atoms with Gasteiger partial charge < -0.3 is 21.5 Å². The maximum Gasteiger partial charge on any atom is 0.156 e. The van der Waals surface area contributed by atoms with Gasteiger partial charge in [-0.15, -0.1) is 0 Å². The predicted octanol–water partition coefficient (Wildman–Crippen LogP) is 4.52. The lowest BCUT2D eigenvalue weighted by atomic mass is 9.96. The number of para-hydroxylation sites is 2. The van der Waals surface area contributed by atoms with Gasteiger partial charge in [0.25, 0.3) is 0 Å². The average Bonchev–Trinajstić information content (AvgIpc) is 3.24. The molecule has 5 N–H and O–H groups in total. The first-order valence-electron chi connectivity index (χ1n) is 10.8. The Kier molecular flexibility index (Phi) is 6.71. The van der Waals surface area contributed by atoms with Crippen LogP contribution in [0.5, 0.6) is 11.5 Å². The highest BCUT2D eigenvalue weighted by molar-refractivity contribution is 5.92. The molecule has 0 radical (unpaired) electrons. The largest absolute Gasteiger partial charge is 0.457 e. The summed E-state index contributed by atoms with van der Waals surface area (Å²) in [6.45, 7) is 1.36. The van der Waals surface area contributed by atoms with Gasteiger partial charge in [0.05, 0.1) is 12.1 Å². The van der Waals surface area contributed by atoms with Crippen LogP contribution in [0, 0.1) is 0 Å². The number of nitrogens with zero attached hydrogens (tertiary/aromatic N) is 2. The highest BCUT2D eigenvalue weighted by Gasteiger charge is 2.27. The lowest BCUT2D eigenvalue weighted by molar-refractivity contribution is 0.112. The third-order valence-electron chi connectivity index (χ3n) is 5.56. The van der Waals surface area contributed by atoms with E-state index in [1.807, 2.05) is 83.5 Å². The number of rotatable bonds is 5. The summed E-state index contributed by atoms with van der Waals surface area (Å²) in [6, 6.07) is 25.1. The number of carbonyl (C=O) groups excluding carboxylic acids is 1. The summed E-state index contributed by atoms with van der Waals surface area (Å²) in [5.74, 6) is 2.43. The lowest BCUT2D eigenvalue weighted by Crippen LogP contribution is -2.27. The number of nitrogen functional groups attached to an aromatic ring is 1. The predicted molar refractivity (Wildman–Crippen MR) is 132 cm³/mol. The molecule has 33 heavy (non-hydrogen) atoms. The molecule has 5 rings (SSSR count). The Hall–Kier alpha value is -4.10. The van der Waals surface area contributed by atoms with Crippen molar-refractivity contribution in [3.63, 3.8) is 0 Å². The molecule has 168 valence electrons. The molecular formula is C26H27N5O2. The van der Waals surface area contributed by atoms with Gasteiger partial charge in [-0.3, -0.25) is 4.79 Å². The molecule has 0 saturated carbocycles. The Balaban J connectivity index is 0.00000126. The maximum absolute atomic E-state index is 11.9. The summed E-state index contributed by atoms with van der Waals surface area (Å²) in [5.41, 5.74) is 14.6. The molecule has 2 heterocycles. The number of hydrogen-bond donors (Lipinski definition) is 3. The highest BCUT2D eigenvalue weighted by atomic mass is 16.5. The van der Waals surface area contributed by atoms with Gasteiger partial charge in [0.15, 0.2) is 6.29 Å². The standard InChI is InChI=1S/C25H22N4O2.CH5N/c26-23-9-5-4-8-21(23)18-14-27-25-22(16-30)24(28-29(25)15-18)17-10-12-20(13-11-17)31-19-6-2-1-3-7-19;1-2/h1-13,16,18,27H,14-15,26H2;2H2,1H3. The first-order valence-corrected chi connectivity index (χ1v) is 10.8. The number of aromatic nitrogens is 2. The maximum atomic E-state index is 11.9. The number of hydrogen-bond acceptors (Lipinski definition) is 6. The summed E-state index contributed by atoms with van der Waals surface area (Å²) < 4.78 is 7.73. The van der Waals surface area contributed by atoms with E-state index in [2.05, 4.69) is 11.1 Å². The molecular weight excluding hydrogens is 414 g/mol. The van der Waals surface area contributed by atoms with Crippen LogP contribution in [0.25, 0.3) is 11.3 Å². The number of aldehydes is 1. The van der Waals surface area contributed by atoms with E-state index in [0.717, 1.165) is 40.4 Å². The number of anilines is 2. The zero-order chi connectivity index (χ0) is 23.2. The summed E-state index contributed by atoms with van der Waals surface area (Å²) in [7, 11) is 1.50. The van der Waals surface area contributed by atoms with E-state index in [4.69, 9.17) is 15.6 Å². The van der Waals surface area contributed by atoms with Gasteiger partial charge in [0.1, 0.15) is 23.0 Å². The third-order valence-corrected chi connectivity index (χ3v) is 5.56. The molecule has 7 heteroatoms. The topological polar surface area (TPSA) is 108 Å². The molecule has 0 bridgehead atoms. The van der Waals surface area contributed by atoms with Crippen molar-refractivity contribution in [1.29, 1.82) is 0 Å². The normalized spacial score (nSPS) is 14.3. The van der Waals surface area contributed by atoms with Crippen LogP contribution in [0.1, 0.15) is 21.8 Å². The number of nitrogens with two attached hydrogens (primary N) is 2. The summed E-state index contributed by atoms with van der Waals surface area (Å²) in [6.07, 6.45) is 0.868. The lowest BCUT2D eigenvalue weighted by Gasteiger charge is -2.26. The van der Waals surface area contributed by atoms with Crippen molar-refractivity contribution < 1.29 is 9.53 Å². The molecule has 4 aromatic rings. The molecule has 7 nitrogen and oxygen atoms in total. The first-order chi connectivity index (χ1) is 16.2. The van der Waals surface area contributed by atoms with Crippen LogP contribution in [0.15, 0.2) is 78.9 Å². The average molecular weight is 442 g/mol. The molecule has 0 saturated heterocycles. The summed E-state index contributed by atoms with van der Waals surface area (Å²) in [5, 5.41) is 8.13. The molecule has 0 fully saturated rings. The van der Waals surface area contributed by atoms with Crippen molar-refractivity contribution in [1.82, 2.24) is 9.78 Å². The van der Waals surface area contributed by atoms with Gasteiger partial charge >= 0.3 is 0 Å². The van der Waals surface area contributed by atoms with E-state index >= 15 is 0 Å². The molecule has 0 spiro atoms. The van der Waals surface area contributed by atoms with Crippen LogP contribution in [0.2, 0.25) is 0 Å². The van der Waals surface area contributed by atoms with Gasteiger partial charge in [-0.05, 0) is 55.1 Å². The van der Waals surface area contributed by atoms with E-state index in [9.17, 15) is 4.79 Å². The van der Waals surface area contributed by atoms with Crippen molar-refractivity contribution in [2.75, 3.05) is 24.6 Å². The van der Waals surface area contributed by atoms with Gasteiger partial charge in [-0.25, -0.2) is 4.68 Å². The first kappa shape index (κ1) is 22.1. The Labute approximate surface area is 193 Å². The second-order valence-corrected chi connectivity index (χ2v) is 7.56. The van der Waals surface area contributed by atoms with E-state index in [1.165, 1.54) is 7.05 Å². The van der Waals surface area contributed by atoms with Crippen LogP contribution in [0.4, 0.5) is 11.5 Å². The monoisotopic (exact) mass is 441 g/mol. The molecule has 3 aromatic carbocycles. The minimum atomic E-state index is 0.183. The van der Waals surface area contributed by atoms with Gasteiger partial charge in [-0.2, -0.15) is 5.10 Å². The Morgan fingerprint density at radius 3 is 2.33 bits per heavy atom. The van der Waals surface area contributed by atoms with Crippen molar-refractivity contribution in [3.05, 3.63) is 90.0 Å². The third kappa shape index (κ3) is 4.58. The van der Waals surface area contributed by atoms with Crippen LogP contribution in [-0.2, 0) is 6.54 Å². The zero-order valence-corrected chi connectivity index (χ0v) is 18.4. The minimum absolute atomic E-state index is 0.183. The number of ether oxygens (including phenoxy) is 1. The molecule has 1 aliphatic rings. The van der Waals surface area contributed by atoms with Gasteiger partial charge in [0, 0.05) is 23.7 Å². The summed E-state index contributed by atoms with van der Waals surface area (Å²) in [4.78, 5) is 11.9. The molecule has 0 aliphatic carbocycles. The smallest absolute Gasteiger partial charge is 0.156 e. The van der Waals surface area contributed by atoms with Gasteiger partial charge in [-0.1, -0.05) is 36.4 Å². The fourth-order valence-corrected chi connectivity index (χ4v) is 4.01. The van der Waals surface area contributed by atoms with Crippen LogP contribution in [0.3, 0.4) is 0 Å². The second kappa shape index (κ2) is 10.0. The van der Waals surface area contributed by atoms with Gasteiger partial charge in [0.2, 0.25) is 0 Å². The van der Waals surface area contributed by atoms with E-state index in [1.54, 1.807) is 0 Å². The Morgan fingerprint density at radius 2 is 1.64 bits per heavy atom. The van der Waals surface area contributed by atoms with Crippen LogP contribution >= 0.6 is 0 Å². The highest BCUT2D eigenvalue weighted by Crippen LogP contribution is 2.35. The van der Waals surface area contributed by atoms with Crippen molar-refractivity contribution >= 4 is 17.8 Å². The second-order valence-electron chi connectivity index (χ2n) is 7.56. The van der Waals surface area contributed by atoms with Crippen molar-refractivity contribution in [3.8, 4) is 22.8 Å². The Morgan fingerprint density at radius 1 is 0.970 bits per heavy atom. The minimum Gasteiger partial charge on any atom is -0.457 e. The van der Waals surface area contributed by atoms with Crippen LogP contribution in [-0.4, -0.2) is 29.7 Å². The van der Waals surface area contributed by atoms with E-state index in [-0.39, 0.29) is 5.92 Å². The zero-order valence-electron chi connectivity index (χ0n) is 18.4. The quantitative estimate of drug-likeness (QED) is 0.310. The van der Waals surface area contributed by atoms with Crippen molar-refractivity contribution in [2.45, 2.75) is 12.5 Å². The fraction of sp³-hybridized carbons (Fsp3) is 0.154. The van der Waals surface area contributed by atoms with E-state index < -0.39 is 0 Å². The number of fused-ring (bicyclic) bond motifs is 1. The fourth-order valence-electron chi connectivity index (χ4n) is 4.01. The molecule has 0 amide bonds.